The van der Waals surface area contributed by atoms with Gasteiger partial charge < -0.3 is 4.74 Å². The van der Waals surface area contributed by atoms with Gasteiger partial charge in [-0.25, -0.2) is 0 Å². The smallest absolute Gasteiger partial charge is 0.138 e. The van der Waals surface area contributed by atoms with Crippen LogP contribution in [0.2, 0.25) is 0 Å². The first-order chi connectivity index (χ1) is 8.38. The minimum Gasteiger partial charge on any atom is -0.487 e. The number of fused-ring (bicyclic) bond motifs is 2. The first-order valence-corrected chi connectivity index (χ1v) is 6.69. The van der Waals surface area contributed by atoms with Crippen LogP contribution >= 0.6 is 0 Å². The Hall–Kier alpha value is -1.09. The van der Waals surface area contributed by atoms with Gasteiger partial charge in [0.05, 0.1) is 6.20 Å². The van der Waals surface area contributed by atoms with Gasteiger partial charge >= 0.3 is 0 Å². The molecule has 1 saturated heterocycles. The van der Waals surface area contributed by atoms with Crippen molar-refractivity contribution in [3.05, 3.63) is 24.5 Å². The van der Waals surface area contributed by atoms with Crippen LogP contribution in [0.3, 0.4) is 0 Å². The van der Waals surface area contributed by atoms with Gasteiger partial charge in [-0.05, 0) is 37.9 Å². The van der Waals surface area contributed by atoms with Crippen molar-refractivity contribution in [2.24, 2.45) is 5.92 Å². The van der Waals surface area contributed by atoms with E-state index in [2.05, 4.69) is 16.8 Å². The number of nitrogens with zero attached hydrogens (tertiary/aromatic N) is 2. The number of rotatable bonds is 4. The Morgan fingerprint density at radius 3 is 3.18 bits per heavy atom. The Morgan fingerprint density at radius 2 is 2.41 bits per heavy atom. The molecule has 3 atom stereocenters. The summed E-state index contributed by atoms with van der Waals surface area (Å²) in [5.74, 6) is 1.65. The summed E-state index contributed by atoms with van der Waals surface area (Å²) in [6, 6.07) is 4.59. The van der Waals surface area contributed by atoms with Crippen molar-refractivity contribution in [1.82, 2.24) is 9.88 Å². The Morgan fingerprint density at radius 1 is 1.47 bits per heavy atom. The number of hydrogen-bond donors (Lipinski definition) is 0. The minimum absolute atomic E-state index is 0.394. The lowest BCUT2D eigenvalue weighted by molar-refractivity contribution is 0.145. The van der Waals surface area contributed by atoms with Crippen LogP contribution in [0.5, 0.6) is 5.75 Å². The van der Waals surface area contributed by atoms with E-state index in [0.29, 0.717) is 12.1 Å². The molecule has 0 spiro atoms. The third-order valence-corrected chi connectivity index (χ3v) is 4.03. The van der Waals surface area contributed by atoms with E-state index in [4.69, 9.17) is 4.74 Å². The lowest BCUT2D eigenvalue weighted by Gasteiger charge is -2.26. The van der Waals surface area contributed by atoms with Gasteiger partial charge in [0.2, 0.25) is 0 Å². The number of aromatic nitrogens is 1. The van der Waals surface area contributed by atoms with Crippen molar-refractivity contribution < 1.29 is 4.74 Å². The van der Waals surface area contributed by atoms with Crippen LogP contribution in [0.1, 0.15) is 26.2 Å². The minimum atomic E-state index is 0.394. The molecular formula is C14H20N2O. The summed E-state index contributed by atoms with van der Waals surface area (Å²) in [4.78, 5) is 6.72. The molecule has 92 valence electrons. The van der Waals surface area contributed by atoms with Gasteiger partial charge in [-0.3, -0.25) is 9.88 Å². The van der Waals surface area contributed by atoms with E-state index in [1.54, 1.807) is 6.20 Å². The highest BCUT2D eigenvalue weighted by atomic mass is 16.5. The standard InChI is InChI=1S/C14H20N2O/c1-2-8-16-10-11-5-6-13(16)14(11)17-12-4-3-7-15-9-12/h3-4,7,9,11,13-14H,2,5-6,8,10H2,1H3/t11-,13+,14+/m1/s1. The first kappa shape index (κ1) is 11.0. The molecular weight excluding hydrogens is 212 g/mol. The fraction of sp³-hybridized carbons (Fsp3) is 0.643. The maximum absolute atomic E-state index is 6.13. The molecule has 1 aliphatic heterocycles. The maximum Gasteiger partial charge on any atom is 0.138 e. The molecule has 0 unspecified atom stereocenters. The van der Waals surface area contributed by atoms with Gasteiger partial charge in [-0.15, -0.1) is 0 Å². The first-order valence-electron chi connectivity index (χ1n) is 6.69. The van der Waals surface area contributed by atoms with E-state index in [-0.39, 0.29) is 0 Å². The van der Waals surface area contributed by atoms with Crippen molar-refractivity contribution >= 4 is 0 Å². The molecule has 2 bridgehead atoms. The summed E-state index contributed by atoms with van der Waals surface area (Å²) in [6.45, 7) is 4.69. The van der Waals surface area contributed by atoms with Crippen LogP contribution in [0.4, 0.5) is 0 Å². The average Bonchev–Trinajstić information content (AvgIpc) is 2.88. The molecule has 3 rings (SSSR count). The Kier molecular flexibility index (Phi) is 3.02. The number of piperidine rings is 1. The van der Waals surface area contributed by atoms with Crippen LogP contribution in [-0.2, 0) is 0 Å². The van der Waals surface area contributed by atoms with Gasteiger partial charge in [0.15, 0.2) is 0 Å². The molecule has 1 aromatic heterocycles. The fourth-order valence-corrected chi connectivity index (χ4v) is 3.34. The Balaban J connectivity index is 1.69. The number of hydrogen-bond acceptors (Lipinski definition) is 3. The third kappa shape index (κ3) is 2.04. The van der Waals surface area contributed by atoms with Gasteiger partial charge in [0.25, 0.3) is 0 Å². The summed E-state index contributed by atoms with van der Waals surface area (Å²) in [5.41, 5.74) is 0. The zero-order chi connectivity index (χ0) is 11.7. The highest BCUT2D eigenvalue weighted by molar-refractivity contribution is 5.17. The molecule has 2 fully saturated rings. The second-order valence-electron chi connectivity index (χ2n) is 5.17. The molecule has 2 aliphatic rings. The predicted molar refractivity (Wildman–Crippen MR) is 67.0 cm³/mol. The predicted octanol–water partition coefficient (Wildman–Crippen LogP) is 2.33. The van der Waals surface area contributed by atoms with Crippen molar-refractivity contribution in [1.29, 1.82) is 0 Å². The summed E-state index contributed by atoms with van der Waals surface area (Å²) in [6.07, 6.45) is 7.88. The van der Waals surface area contributed by atoms with Gasteiger partial charge in [0.1, 0.15) is 11.9 Å². The average molecular weight is 232 g/mol. The second-order valence-corrected chi connectivity index (χ2v) is 5.17. The van der Waals surface area contributed by atoms with Gasteiger partial charge in [-0.2, -0.15) is 0 Å². The highest BCUT2D eigenvalue weighted by Crippen LogP contribution is 2.40. The molecule has 3 nitrogen and oxygen atoms in total. The van der Waals surface area contributed by atoms with E-state index < -0.39 is 0 Å². The molecule has 0 N–H and O–H groups in total. The fourth-order valence-electron chi connectivity index (χ4n) is 3.34. The largest absolute Gasteiger partial charge is 0.487 e. The van der Waals surface area contributed by atoms with E-state index in [0.717, 1.165) is 11.7 Å². The normalized spacial score (nSPS) is 31.9. The number of ether oxygens (including phenoxy) is 1. The van der Waals surface area contributed by atoms with E-state index in [1.165, 1.54) is 32.4 Å². The third-order valence-electron chi connectivity index (χ3n) is 4.03. The summed E-state index contributed by atoms with van der Waals surface area (Å²) in [7, 11) is 0. The topological polar surface area (TPSA) is 25.4 Å². The van der Waals surface area contributed by atoms with Crippen molar-refractivity contribution in [2.75, 3.05) is 13.1 Å². The van der Waals surface area contributed by atoms with E-state index in [1.807, 2.05) is 18.3 Å². The Bertz CT molecular complexity index is 368. The highest BCUT2D eigenvalue weighted by Gasteiger charge is 2.47. The quantitative estimate of drug-likeness (QED) is 0.796. The van der Waals surface area contributed by atoms with Crippen LogP contribution < -0.4 is 4.74 Å². The summed E-state index contributed by atoms with van der Waals surface area (Å²) in [5, 5.41) is 0. The molecule has 1 saturated carbocycles. The lowest BCUT2D eigenvalue weighted by Crippen LogP contribution is -2.36. The summed E-state index contributed by atoms with van der Waals surface area (Å²) >= 11 is 0. The van der Waals surface area contributed by atoms with Crippen LogP contribution in [0.25, 0.3) is 0 Å². The Labute approximate surface area is 103 Å². The molecule has 17 heavy (non-hydrogen) atoms. The maximum atomic E-state index is 6.13. The molecule has 0 amide bonds. The molecule has 3 heteroatoms. The molecule has 0 radical (unpaired) electrons. The van der Waals surface area contributed by atoms with Crippen LogP contribution in [-0.4, -0.2) is 35.1 Å². The van der Waals surface area contributed by atoms with E-state index in [9.17, 15) is 0 Å². The molecule has 2 heterocycles. The molecule has 0 aromatic carbocycles. The van der Waals surface area contributed by atoms with Gasteiger partial charge in [-0.1, -0.05) is 6.92 Å². The van der Waals surface area contributed by atoms with Crippen molar-refractivity contribution in [3.8, 4) is 5.75 Å². The van der Waals surface area contributed by atoms with Crippen LogP contribution in [0, 0.1) is 5.92 Å². The van der Waals surface area contributed by atoms with Gasteiger partial charge in [0, 0.05) is 24.7 Å². The van der Waals surface area contributed by atoms with Crippen LogP contribution in [0.15, 0.2) is 24.5 Å². The molecule has 1 aliphatic carbocycles. The second kappa shape index (κ2) is 4.65. The van der Waals surface area contributed by atoms with Crippen molar-refractivity contribution in [2.45, 2.75) is 38.3 Å². The monoisotopic (exact) mass is 232 g/mol. The van der Waals surface area contributed by atoms with E-state index >= 15 is 0 Å². The zero-order valence-corrected chi connectivity index (χ0v) is 10.4. The lowest BCUT2D eigenvalue weighted by atomic mass is 10.1. The molecule has 1 aromatic rings. The SMILES string of the molecule is CCCN1C[C@H]2CC[C@H]1[C@H]2Oc1cccnc1. The number of likely N-dealkylation sites (tertiary alicyclic amines) is 1. The number of pyridine rings is 1. The zero-order valence-electron chi connectivity index (χ0n) is 10.4. The van der Waals surface area contributed by atoms with Crippen molar-refractivity contribution in [3.63, 3.8) is 0 Å². The summed E-state index contributed by atoms with van der Waals surface area (Å²) < 4.78 is 6.13.